The van der Waals surface area contributed by atoms with Gasteiger partial charge < -0.3 is 10.2 Å². The summed E-state index contributed by atoms with van der Waals surface area (Å²) in [6, 6.07) is 13.1. The van der Waals surface area contributed by atoms with E-state index in [1.54, 1.807) is 47.1 Å². The highest BCUT2D eigenvalue weighted by atomic mass is 32.1. The van der Waals surface area contributed by atoms with Gasteiger partial charge in [-0.15, -0.1) is 11.3 Å². The average molecular weight is 434 g/mol. The molecule has 0 bridgehead atoms. The van der Waals surface area contributed by atoms with Crippen molar-refractivity contribution in [3.63, 3.8) is 0 Å². The molecule has 158 valence electrons. The minimum absolute atomic E-state index is 0.100. The van der Waals surface area contributed by atoms with Crippen molar-refractivity contribution in [3.8, 4) is 10.6 Å². The van der Waals surface area contributed by atoms with Crippen LogP contribution in [-0.4, -0.2) is 45.6 Å². The summed E-state index contributed by atoms with van der Waals surface area (Å²) >= 11 is 1.58. The maximum atomic E-state index is 13.5. The summed E-state index contributed by atoms with van der Waals surface area (Å²) in [5, 5.41) is 9.85. The third-order valence-corrected chi connectivity index (χ3v) is 6.07. The van der Waals surface area contributed by atoms with Crippen LogP contribution in [0.25, 0.3) is 21.6 Å². The number of fused-ring (bicyclic) bond motifs is 1. The standard InChI is InChI=1S/C23H23N5O2S/c1-14-20-17(12-18(19-6-5-11-31-19)25-21(20)28(4)26-14)23(30)27(3)13-15-7-9-16(10-8-15)22(29)24-2/h5-12H,13H2,1-4H3,(H,24,29). The Bertz CT molecular complexity index is 1260. The molecule has 4 aromatic rings. The van der Waals surface area contributed by atoms with Crippen LogP contribution < -0.4 is 5.32 Å². The lowest BCUT2D eigenvalue weighted by molar-refractivity contribution is 0.0786. The summed E-state index contributed by atoms with van der Waals surface area (Å²) in [5.74, 6) is -0.236. The number of carbonyl (C=O) groups is 2. The topological polar surface area (TPSA) is 80.1 Å². The molecule has 8 heteroatoms. The second-order valence-corrected chi connectivity index (χ2v) is 8.32. The van der Waals surface area contributed by atoms with Gasteiger partial charge in [0, 0.05) is 33.3 Å². The van der Waals surface area contributed by atoms with E-state index in [9.17, 15) is 9.59 Å². The number of benzene rings is 1. The van der Waals surface area contributed by atoms with E-state index in [1.165, 1.54) is 0 Å². The normalized spacial score (nSPS) is 11.0. The number of aryl methyl sites for hydroxylation is 2. The number of hydrogen-bond acceptors (Lipinski definition) is 5. The van der Waals surface area contributed by atoms with Gasteiger partial charge in [-0.25, -0.2) is 4.98 Å². The van der Waals surface area contributed by atoms with Crippen molar-refractivity contribution < 1.29 is 9.59 Å². The zero-order chi connectivity index (χ0) is 22.1. The minimum atomic E-state index is -0.136. The third kappa shape index (κ3) is 3.94. The van der Waals surface area contributed by atoms with E-state index < -0.39 is 0 Å². The molecule has 0 aliphatic heterocycles. The van der Waals surface area contributed by atoms with Crippen molar-refractivity contribution >= 4 is 34.2 Å². The van der Waals surface area contributed by atoms with Crippen LogP contribution in [0.15, 0.2) is 47.8 Å². The molecule has 1 N–H and O–H groups in total. The highest BCUT2D eigenvalue weighted by Gasteiger charge is 2.22. The molecular formula is C23H23N5O2S. The first-order valence-corrected chi connectivity index (χ1v) is 10.7. The van der Waals surface area contributed by atoms with Crippen LogP contribution in [0.2, 0.25) is 0 Å². The van der Waals surface area contributed by atoms with Crippen LogP contribution in [-0.2, 0) is 13.6 Å². The Hall–Kier alpha value is -3.52. The van der Waals surface area contributed by atoms with E-state index in [-0.39, 0.29) is 11.8 Å². The number of hydrogen-bond donors (Lipinski definition) is 1. The SMILES string of the molecule is CNC(=O)c1ccc(CN(C)C(=O)c2cc(-c3cccs3)nc3c2c(C)nn3C)cc1. The Morgan fingerprint density at radius 1 is 1.19 bits per heavy atom. The maximum absolute atomic E-state index is 13.5. The summed E-state index contributed by atoms with van der Waals surface area (Å²) < 4.78 is 1.72. The molecule has 0 atom stereocenters. The minimum Gasteiger partial charge on any atom is -0.355 e. The van der Waals surface area contributed by atoms with Gasteiger partial charge in [-0.1, -0.05) is 18.2 Å². The van der Waals surface area contributed by atoms with Gasteiger partial charge in [0.05, 0.1) is 27.2 Å². The van der Waals surface area contributed by atoms with Gasteiger partial charge in [-0.05, 0) is 42.1 Å². The van der Waals surface area contributed by atoms with Gasteiger partial charge in [-0.3, -0.25) is 14.3 Å². The molecule has 31 heavy (non-hydrogen) atoms. The zero-order valence-electron chi connectivity index (χ0n) is 17.8. The number of rotatable bonds is 5. The number of carbonyl (C=O) groups excluding carboxylic acids is 2. The Balaban J connectivity index is 1.68. The largest absolute Gasteiger partial charge is 0.355 e. The summed E-state index contributed by atoms with van der Waals surface area (Å²) in [4.78, 5) is 32.6. The van der Waals surface area contributed by atoms with Gasteiger partial charge in [0.1, 0.15) is 0 Å². The van der Waals surface area contributed by atoms with Gasteiger partial charge in [0.15, 0.2) is 5.65 Å². The summed E-state index contributed by atoms with van der Waals surface area (Å²) in [7, 11) is 5.22. The van der Waals surface area contributed by atoms with E-state index >= 15 is 0 Å². The molecule has 3 heterocycles. The smallest absolute Gasteiger partial charge is 0.254 e. The fraction of sp³-hybridized carbons (Fsp3) is 0.217. The number of nitrogens with zero attached hydrogens (tertiary/aromatic N) is 4. The highest BCUT2D eigenvalue weighted by Crippen LogP contribution is 2.30. The molecule has 0 saturated carbocycles. The second-order valence-electron chi connectivity index (χ2n) is 7.38. The molecule has 0 saturated heterocycles. The fourth-order valence-electron chi connectivity index (χ4n) is 3.62. The van der Waals surface area contributed by atoms with E-state index in [0.717, 1.165) is 27.2 Å². The Morgan fingerprint density at radius 2 is 1.94 bits per heavy atom. The van der Waals surface area contributed by atoms with Crippen molar-refractivity contribution in [2.45, 2.75) is 13.5 Å². The molecule has 0 aliphatic rings. The second kappa shape index (κ2) is 8.31. The molecule has 0 unspecified atom stereocenters. The van der Waals surface area contributed by atoms with Crippen LogP contribution in [0.5, 0.6) is 0 Å². The molecule has 7 nitrogen and oxygen atoms in total. The molecule has 3 aromatic heterocycles. The first-order valence-electron chi connectivity index (χ1n) is 9.83. The van der Waals surface area contributed by atoms with Crippen LogP contribution in [0.4, 0.5) is 0 Å². The number of amides is 2. The van der Waals surface area contributed by atoms with Crippen molar-refractivity contribution in [2.75, 3.05) is 14.1 Å². The molecule has 4 rings (SSSR count). The van der Waals surface area contributed by atoms with Crippen molar-refractivity contribution in [1.82, 2.24) is 25.0 Å². The van der Waals surface area contributed by atoms with E-state index in [1.807, 2.05) is 49.7 Å². The molecule has 0 radical (unpaired) electrons. The van der Waals surface area contributed by atoms with Crippen LogP contribution in [0.3, 0.4) is 0 Å². The average Bonchev–Trinajstić information content (AvgIpc) is 3.41. The maximum Gasteiger partial charge on any atom is 0.254 e. The summed E-state index contributed by atoms with van der Waals surface area (Å²) in [6.07, 6.45) is 0. The van der Waals surface area contributed by atoms with Crippen LogP contribution in [0.1, 0.15) is 32.0 Å². The van der Waals surface area contributed by atoms with Crippen LogP contribution >= 0.6 is 11.3 Å². The monoisotopic (exact) mass is 433 g/mol. The summed E-state index contributed by atoms with van der Waals surface area (Å²) in [5.41, 5.74) is 4.34. The number of aromatic nitrogens is 3. The lowest BCUT2D eigenvalue weighted by Gasteiger charge is -2.18. The Morgan fingerprint density at radius 3 is 2.58 bits per heavy atom. The van der Waals surface area contributed by atoms with Crippen molar-refractivity contribution in [2.24, 2.45) is 7.05 Å². The lowest BCUT2D eigenvalue weighted by atomic mass is 10.1. The first-order chi connectivity index (χ1) is 14.9. The molecule has 1 aromatic carbocycles. The highest BCUT2D eigenvalue weighted by molar-refractivity contribution is 7.13. The molecular weight excluding hydrogens is 410 g/mol. The molecule has 0 fully saturated rings. The van der Waals surface area contributed by atoms with Crippen molar-refractivity contribution in [1.29, 1.82) is 0 Å². The van der Waals surface area contributed by atoms with Gasteiger partial charge in [0.2, 0.25) is 0 Å². The van der Waals surface area contributed by atoms with Gasteiger partial charge in [-0.2, -0.15) is 5.10 Å². The van der Waals surface area contributed by atoms with Gasteiger partial charge >= 0.3 is 0 Å². The quantitative estimate of drug-likeness (QED) is 0.521. The number of nitrogens with one attached hydrogen (secondary N) is 1. The predicted molar refractivity (Wildman–Crippen MR) is 122 cm³/mol. The third-order valence-electron chi connectivity index (χ3n) is 5.18. The first kappa shape index (κ1) is 20.7. The zero-order valence-corrected chi connectivity index (χ0v) is 18.7. The molecule has 0 aliphatic carbocycles. The molecule has 2 amide bonds. The van der Waals surface area contributed by atoms with Crippen LogP contribution in [0, 0.1) is 6.92 Å². The van der Waals surface area contributed by atoms with Crippen molar-refractivity contribution in [3.05, 3.63) is 70.2 Å². The number of pyridine rings is 1. The Kier molecular flexibility index (Phi) is 5.56. The summed E-state index contributed by atoms with van der Waals surface area (Å²) in [6.45, 7) is 2.31. The lowest BCUT2D eigenvalue weighted by Crippen LogP contribution is -2.26. The van der Waals surface area contributed by atoms with E-state index in [0.29, 0.717) is 23.3 Å². The predicted octanol–water partition coefficient (Wildman–Crippen LogP) is 3.64. The number of thiophene rings is 1. The Labute approximate surface area is 184 Å². The van der Waals surface area contributed by atoms with Gasteiger partial charge in [0.25, 0.3) is 11.8 Å². The fourth-order valence-corrected chi connectivity index (χ4v) is 4.31. The van der Waals surface area contributed by atoms with E-state index in [2.05, 4.69) is 10.4 Å². The molecule has 0 spiro atoms. The van der Waals surface area contributed by atoms with E-state index in [4.69, 9.17) is 4.98 Å².